The van der Waals surface area contributed by atoms with E-state index in [9.17, 15) is 13.2 Å². The number of methoxy groups -OCH3 is 1. The van der Waals surface area contributed by atoms with E-state index in [4.69, 9.17) is 5.73 Å². The summed E-state index contributed by atoms with van der Waals surface area (Å²) in [5.41, 5.74) is 5.43. The van der Waals surface area contributed by atoms with E-state index >= 15 is 0 Å². The smallest absolute Gasteiger partial charge is 0.421 e. The second kappa shape index (κ2) is 4.77. The first-order valence-corrected chi connectivity index (χ1v) is 6.03. The van der Waals surface area contributed by atoms with Gasteiger partial charge in [0.05, 0.1) is 7.11 Å². The molecule has 0 aromatic rings. The summed E-state index contributed by atoms with van der Waals surface area (Å²) in [5.74, 6) is 0. The highest BCUT2D eigenvalue weighted by Gasteiger charge is 2.34. The molecule has 0 radical (unpaired) electrons. The fraction of sp³-hybridized carbons (Fsp3) is 0.857. The lowest BCUT2D eigenvalue weighted by molar-refractivity contribution is 0.177. The molecule has 3 N–H and O–H groups in total. The summed E-state index contributed by atoms with van der Waals surface area (Å²) in [6.07, 6.45) is 0.486. The van der Waals surface area contributed by atoms with Gasteiger partial charge in [-0.25, -0.2) is 9.52 Å². The normalized spacial score (nSPS) is 22.7. The lowest BCUT2D eigenvalue weighted by Gasteiger charge is -2.22. The maximum Gasteiger partial charge on any atom is 0.421 e. The third-order valence-electron chi connectivity index (χ3n) is 2.30. The molecule has 8 heteroatoms. The Bertz CT molecular complexity index is 329. The Kier molecular flexibility index (Phi) is 3.89. The molecule has 0 saturated carbocycles. The summed E-state index contributed by atoms with van der Waals surface area (Å²) < 4.78 is 30.5. The highest BCUT2D eigenvalue weighted by atomic mass is 32.2. The van der Waals surface area contributed by atoms with Gasteiger partial charge in [0, 0.05) is 19.1 Å². The van der Waals surface area contributed by atoms with Gasteiger partial charge in [-0.2, -0.15) is 12.7 Å². The van der Waals surface area contributed by atoms with Crippen LogP contribution in [0, 0.1) is 0 Å². The van der Waals surface area contributed by atoms with Gasteiger partial charge in [0.2, 0.25) is 0 Å². The number of hydrogen-bond donors (Lipinski definition) is 2. The largest absolute Gasteiger partial charge is 0.452 e. The molecular formula is C7H15N3O4S. The zero-order chi connectivity index (χ0) is 11.5. The van der Waals surface area contributed by atoms with Crippen molar-refractivity contribution in [2.24, 2.45) is 5.73 Å². The first kappa shape index (κ1) is 12.2. The van der Waals surface area contributed by atoms with Gasteiger partial charge in [-0.15, -0.1) is 0 Å². The summed E-state index contributed by atoms with van der Waals surface area (Å²) in [5, 5.41) is 0. The van der Waals surface area contributed by atoms with E-state index < -0.39 is 16.3 Å². The van der Waals surface area contributed by atoms with Crippen LogP contribution in [-0.2, 0) is 14.9 Å². The van der Waals surface area contributed by atoms with Crippen molar-refractivity contribution in [3.63, 3.8) is 0 Å². The molecule has 1 aliphatic heterocycles. The summed E-state index contributed by atoms with van der Waals surface area (Å²) >= 11 is 0. The van der Waals surface area contributed by atoms with Crippen molar-refractivity contribution >= 4 is 16.3 Å². The van der Waals surface area contributed by atoms with Crippen molar-refractivity contribution in [3.05, 3.63) is 0 Å². The zero-order valence-corrected chi connectivity index (χ0v) is 9.29. The molecular weight excluding hydrogens is 222 g/mol. The van der Waals surface area contributed by atoms with Gasteiger partial charge in [-0.1, -0.05) is 0 Å². The molecule has 1 aliphatic rings. The van der Waals surface area contributed by atoms with Gasteiger partial charge in [-0.3, -0.25) is 0 Å². The van der Waals surface area contributed by atoms with Gasteiger partial charge in [0.25, 0.3) is 0 Å². The third-order valence-corrected chi connectivity index (χ3v) is 3.82. The Morgan fingerprint density at radius 2 is 2.33 bits per heavy atom. The predicted molar refractivity (Wildman–Crippen MR) is 53.2 cm³/mol. The van der Waals surface area contributed by atoms with Gasteiger partial charge in [-0.05, 0) is 12.8 Å². The highest BCUT2D eigenvalue weighted by Crippen LogP contribution is 2.18. The Labute approximate surface area is 88.7 Å². The fourth-order valence-corrected chi connectivity index (χ4v) is 2.93. The second-order valence-electron chi connectivity index (χ2n) is 3.24. The molecule has 1 rings (SSSR count). The van der Waals surface area contributed by atoms with Crippen molar-refractivity contribution in [1.29, 1.82) is 0 Å². The van der Waals surface area contributed by atoms with Crippen LogP contribution in [0.2, 0.25) is 0 Å². The molecule has 1 heterocycles. The Hall–Kier alpha value is -0.860. The van der Waals surface area contributed by atoms with Crippen molar-refractivity contribution < 1.29 is 17.9 Å². The molecule has 0 bridgehead atoms. The van der Waals surface area contributed by atoms with Crippen molar-refractivity contribution in [2.75, 3.05) is 20.2 Å². The van der Waals surface area contributed by atoms with E-state index in [1.807, 2.05) is 0 Å². The topological polar surface area (TPSA) is 102 Å². The van der Waals surface area contributed by atoms with Crippen LogP contribution in [0.15, 0.2) is 0 Å². The SMILES string of the molecule is COC(=O)NS(=O)(=O)N1CCCC1CN. The Morgan fingerprint density at radius 3 is 2.87 bits per heavy atom. The quantitative estimate of drug-likeness (QED) is 0.656. The number of nitrogens with two attached hydrogens (primary N) is 1. The standard InChI is InChI=1S/C7H15N3O4S/c1-14-7(11)9-15(12,13)10-4-2-3-6(10)5-8/h6H,2-5,8H2,1H3,(H,9,11). The number of hydrogen-bond acceptors (Lipinski definition) is 5. The summed E-state index contributed by atoms with van der Waals surface area (Å²) in [7, 11) is -2.70. The van der Waals surface area contributed by atoms with Gasteiger partial charge in [0.15, 0.2) is 0 Å². The molecule has 0 aromatic carbocycles. The number of carbonyl (C=O) groups excluding carboxylic acids is 1. The summed E-state index contributed by atoms with van der Waals surface area (Å²) in [4.78, 5) is 10.8. The number of carbonyl (C=O) groups is 1. The summed E-state index contributed by atoms with van der Waals surface area (Å²) in [6.45, 7) is 0.635. The Morgan fingerprint density at radius 1 is 1.67 bits per heavy atom. The van der Waals surface area contributed by atoms with Crippen molar-refractivity contribution in [1.82, 2.24) is 9.03 Å². The maximum absolute atomic E-state index is 11.6. The van der Waals surface area contributed by atoms with Crippen LogP contribution in [0.25, 0.3) is 0 Å². The molecule has 1 unspecified atom stereocenters. The molecule has 1 fully saturated rings. The van der Waals surface area contributed by atoms with E-state index in [2.05, 4.69) is 4.74 Å². The van der Waals surface area contributed by atoms with Crippen molar-refractivity contribution in [2.45, 2.75) is 18.9 Å². The number of nitrogens with one attached hydrogen (secondary N) is 1. The minimum atomic E-state index is -3.80. The van der Waals surface area contributed by atoms with Crippen LogP contribution in [-0.4, -0.2) is 45.1 Å². The number of ether oxygens (including phenoxy) is 1. The molecule has 0 spiro atoms. The van der Waals surface area contributed by atoms with Gasteiger partial charge < -0.3 is 10.5 Å². The fourth-order valence-electron chi connectivity index (χ4n) is 1.57. The molecule has 1 amide bonds. The molecule has 0 aromatic heterocycles. The van der Waals surface area contributed by atoms with E-state index in [1.165, 1.54) is 4.31 Å². The minimum absolute atomic E-state index is 0.229. The summed E-state index contributed by atoms with van der Waals surface area (Å²) in [6, 6.07) is -0.229. The Balaban J connectivity index is 2.72. The average Bonchev–Trinajstić information content (AvgIpc) is 2.65. The molecule has 15 heavy (non-hydrogen) atoms. The predicted octanol–water partition coefficient (Wildman–Crippen LogP) is -0.990. The third kappa shape index (κ3) is 2.80. The van der Waals surface area contributed by atoms with Crippen LogP contribution < -0.4 is 10.5 Å². The van der Waals surface area contributed by atoms with Crippen LogP contribution >= 0.6 is 0 Å². The van der Waals surface area contributed by atoms with Gasteiger partial charge >= 0.3 is 16.3 Å². The van der Waals surface area contributed by atoms with E-state index in [0.29, 0.717) is 6.54 Å². The first-order valence-electron chi connectivity index (χ1n) is 4.59. The van der Waals surface area contributed by atoms with Gasteiger partial charge in [0.1, 0.15) is 0 Å². The molecule has 1 atom stereocenters. The molecule has 7 nitrogen and oxygen atoms in total. The zero-order valence-electron chi connectivity index (χ0n) is 8.47. The minimum Gasteiger partial charge on any atom is -0.452 e. The molecule has 88 valence electrons. The van der Waals surface area contributed by atoms with Crippen LogP contribution in [0.4, 0.5) is 4.79 Å². The van der Waals surface area contributed by atoms with Crippen molar-refractivity contribution in [3.8, 4) is 0 Å². The van der Waals surface area contributed by atoms with Crippen LogP contribution in [0.5, 0.6) is 0 Å². The number of amides is 1. The maximum atomic E-state index is 11.6. The first-order chi connectivity index (χ1) is 7.01. The van der Waals surface area contributed by atoms with E-state index in [1.54, 1.807) is 4.72 Å². The number of nitrogens with zero attached hydrogens (tertiary/aromatic N) is 1. The lowest BCUT2D eigenvalue weighted by atomic mass is 10.2. The average molecular weight is 237 g/mol. The monoisotopic (exact) mass is 237 g/mol. The molecule has 1 saturated heterocycles. The van der Waals surface area contributed by atoms with E-state index in [0.717, 1.165) is 20.0 Å². The second-order valence-corrected chi connectivity index (χ2v) is 4.86. The van der Waals surface area contributed by atoms with E-state index in [-0.39, 0.29) is 12.6 Å². The molecule has 0 aliphatic carbocycles. The van der Waals surface area contributed by atoms with Crippen LogP contribution in [0.1, 0.15) is 12.8 Å². The lowest BCUT2D eigenvalue weighted by Crippen LogP contribution is -2.47. The van der Waals surface area contributed by atoms with Crippen LogP contribution in [0.3, 0.4) is 0 Å². The number of rotatable bonds is 3. The highest BCUT2D eigenvalue weighted by molar-refractivity contribution is 7.87.